The van der Waals surface area contributed by atoms with Gasteiger partial charge in [-0.15, -0.1) is 0 Å². The quantitative estimate of drug-likeness (QED) is 0.557. The van der Waals surface area contributed by atoms with Gasteiger partial charge in [0.15, 0.2) is 0 Å². The van der Waals surface area contributed by atoms with E-state index in [1.54, 1.807) is 0 Å². The van der Waals surface area contributed by atoms with Crippen molar-refractivity contribution in [1.29, 1.82) is 0 Å². The van der Waals surface area contributed by atoms with Gasteiger partial charge in [-0.25, -0.2) is 0 Å². The second kappa shape index (κ2) is 2.69. The van der Waals surface area contributed by atoms with Crippen LogP contribution < -0.4 is 16.7 Å². The van der Waals surface area contributed by atoms with Gasteiger partial charge < -0.3 is 4.98 Å². The van der Waals surface area contributed by atoms with E-state index in [9.17, 15) is 14.4 Å². The molecule has 2 rings (SSSR count). The molecule has 14 heavy (non-hydrogen) atoms. The maximum atomic E-state index is 11.5. The summed E-state index contributed by atoms with van der Waals surface area (Å²) in [5.41, 5.74) is -1.20. The highest BCUT2D eigenvalue weighted by Gasteiger charge is 2.04. The fourth-order valence-electron chi connectivity index (χ4n) is 1.28. The van der Waals surface area contributed by atoms with Crippen LogP contribution in [0.4, 0.5) is 0 Å². The zero-order chi connectivity index (χ0) is 10.3. The van der Waals surface area contributed by atoms with Crippen molar-refractivity contribution in [3.8, 4) is 0 Å². The second-order valence-corrected chi connectivity index (χ2v) is 2.93. The summed E-state index contributed by atoms with van der Waals surface area (Å²) in [5.74, 6) is 0. The van der Waals surface area contributed by atoms with Crippen LogP contribution in [0.2, 0.25) is 0 Å². The van der Waals surface area contributed by atoms with Crippen LogP contribution >= 0.6 is 0 Å². The molecule has 72 valence electrons. The maximum Gasteiger partial charge on any atom is 0.273 e. The molecule has 0 bridgehead atoms. The molecule has 2 heterocycles. The Balaban J connectivity index is 3.19. The van der Waals surface area contributed by atoms with Crippen molar-refractivity contribution in [3.05, 3.63) is 43.3 Å². The van der Waals surface area contributed by atoms with Crippen molar-refractivity contribution in [1.82, 2.24) is 14.8 Å². The minimum absolute atomic E-state index is 0.125. The average Bonchev–Trinajstić information content (AvgIpc) is 2.14. The number of pyridine rings is 1. The standard InChI is InChI=1S/C8H7N3O3/c1-11-8(14)4-2-6(12)9-3-5(4)7(13)10-11/h2-3H,1H3,(H,9,12)(H,10,13). The van der Waals surface area contributed by atoms with Crippen LogP contribution in [0.15, 0.2) is 26.6 Å². The van der Waals surface area contributed by atoms with Crippen molar-refractivity contribution < 1.29 is 0 Å². The minimum atomic E-state index is -0.404. The summed E-state index contributed by atoms with van der Waals surface area (Å²) in [4.78, 5) is 36.1. The van der Waals surface area contributed by atoms with Gasteiger partial charge in [-0.1, -0.05) is 0 Å². The van der Waals surface area contributed by atoms with Crippen molar-refractivity contribution in [2.75, 3.05) is 0 Å². The lowest BCUT2D eigenvalue weighted by Gasteiger charge is -1.98. The van der Waals surface area contributed by atoms with E-state index in [2.05, 4.69) is 10.1 Å². The molecule has 6 heteroatoms. The van der Waals surface area contributed by atoms with Crippen LogP contribution in [0.5, 0.6) is 0 Å². The van der Waals surface area contributed by atoms with E-state index in [4.69, 9.17) is 0 Å². The molecule has 6 nitrogen and oxygen atoms in total. The first-order valence-corrected chi connectivity index (χ1v) is 3.91. The van der Waals surface area contributed by atoms with Gasteiger partial charge in [-0.2, -0.15) is 0 Å². The molecule has 0 aliphatic heterocycles. The number of nitrogens with zero attached hydrogens (tertiary/aromatic N) is 1. The molecule has 0 aromatic carbocycles. The van der Waals surface area contributed by atoms with Crippen molar-refractivity contribution in [3.63, 3.8) is 0 Å². The molecule has 0 spiro atoms. The molecule has 0 unspecified atom stereocenters. The molecular formula is C8H7N3O3. The first-order chi connectivity index (χ1) is 6.59. The Hall–Kier alpha value is -2.11. The Bertz CT molecular complexity index is 662. The number of rotatable bonds is 0. The highest BCUT2D eigenvalue weighted by molar-refractivity contribution is 5.78. The summed E-state index contributed by atoms with van der Waals surface area (Å²) in [6, 6.07) is 1.12. The number of nitrogens with one attached hydrogen (secondary N) is 2. The average molecular weight is 193 g/mol. The van der Waals surface area contributed by atoms with Gasteiger partial charge in [0, 0.05) is 19.3 Å². The number of aromatic nitrogens is 3. The second-order valence-electron chi connectivity index (χ2n) is 2.93. The molecule has 0 aliphatic carbocycles. The first kappa shape index (κ1) is 8.49. The molecule has 2 N–H and O–H groups in total. The largest absolute Gasteiger partial charge is 0.328 e. The smallest absolute Gasteiger partial charge is 0.273 e. The van der Waals surface area contributed by atoms with Gasteiger partial charge in [0.2, 0.25) is 5.56 Å². The molecular weight excluding hydrogens is 186 g/mol. The summed E-state index contributed by atoms with van der Waals surface area (Å²) >= 11 is 0. The van der Waals surface area contributed by atoms with Crippen molar-refractivity contribution in [2.45, 2.75) is 0 Å². The third-order valence-corrected chi connectivity index (χ3v) is 1.97. The molecule has 0 amide bonds. The summed E-state index contributed by atoms with van der Waals surface area (Å²) < 4.78 is 1.05. The van der Waals surface area contributed by atoms with Crippen LogP contribution in [0.25, 0.3) is 10.8 Å². The van der Waals surface area contributed by atoms with E-state index in [1.165, 1.54) is 13.2 Å². The van der Waals surface area contributed by atoms with Crippen LogP contribution in [-0.4, -0.2) is 14.8 Å². The molecule has 2 aromatic rings. The summed E-state index contributed by atoms with van der Waals surface area (Å²) in [6.45, 7) is 0. The normalized spacial score (nSPS) is 10.6. The highest BCUT2D eigenvalue weighted by atomic mass is 16.2. The maximum absolute atomic E-state index is 11.5. The number of aryl methyl sites for hydroxylation is 1. The fraction of sp³-hybridized carbons (Fsp3) is 0.125. The van der Waals surface area contributed by atoms with E-state index < -0.39 is 16.7 Å². The SMILES string of the molecule is Cn1[nH]c(=O)c2c[nH]c(=O)cc2c1=O. The number of hydrogen-bond donors (Lipinski definition) is 2. The van der Waals surface area contributed by atoms with E-state index in [-0.39, 0.29) is 10.8 Å². The third-order valence-electron chi connectivity index (χ3n) is 1.97. The fourth-order valence-corrected chi connectivity index (χ4v) is 1.28. The summed E-state index contributed by atoms with van der Waals surface area (Å²) in [5, 5.41) is 2.64. The Morgan fingerprint density at radius 2 is 1.93 bits per heavy atom. The predicted molar refractivity (Wildman–Crippen MR) is 50.4 cm³/mol. The Morgan fingerprint density at radius 1 is 1.21 bits per heavy atom. The lowest BCUT2D eigenvalue weighted by molar-refractivity contribution is 0.704. The summed E-state index contributed by atoms with van der Waals surface area (Å²) in [7, 11) is 1.42. The third kappa shape index (κ3) is 1.08. The van der Waals surface area contributed by atoms with E-state index >= 15 is 0 Å². The zero-order valence-electron chi connectivity index (χ0n) is 7.33. The van der Waals surface area contributed by atoms with E-state index in [0.717, 1.165) is 10.7 Å². The van der Waals surface area contributed by atoms with Crippen molar-refractivity contribution >= 4 is 10.8 Å². The molecule has 0 saturated carbocycles. The number of H-pyrrole nitrogens is 2. The number of fused-ring (bicyclic) bond motifs is 1. The topological polar surface area (TPSA) is 87.7 Å². The molecule has 0 atom stereocenters. The molecule has 0 fully saturated rings. The number of hydrogen-bond acceptors (Lipinski definition) is 3. The first-order valence-electron chi connectivity index (χ1n) is 3.91. The van der Waals surface area contributed by atoms with Crippen molar-refractivity contribution in [2.24, 2.45) is 7.05 Å². The molecule has 0 aliphatic rings. The van der Waals surface area contributed by atoms with E-state index in [1.807, 2.05) is 0 Å². The van der Waals surface area contributed by atoms with Gasteiger partial charge in [0.25, 0.3) is 11.1 Å². The summed E-state index contributed by atoms with van der Waals surface area (Å²) in [6.07, 6.45) is 1.23. The van der Waals surface area contributed by atoms with Gasteiger partial charge in [0.05, 0.1) is 10.8 Å². The van der Waals surface area contributed by atoms with E-state index in [0.29, 0.717) is 0 Å². The van der Waals surface area contributed by atoms with Gasteiger partial charge in [-0.05, 0) is 0 Å². The predicted octanol–water partition coefficient (Wildman–Crippen LogP) is -1.08. The molecule has 2 aromatic heterocycles. The Morgan fingerprint density at radius 3 is 2.64 bits per heavy atom. The monoisotopic (exact) mass is 193 g/mol. The zero-order valence-corrected chi connectivity index (χ0v) is 7.33. The Kier molecular flexibility index (Phi) is 1.63. The van der Waals surface area contributed by atoms with Crippen LogP contribution in [0.1, 0.15) is 0 Å². The molecule has 0 saturated heterocycles. The number of aromatic amines is 2. The highest BCUT2D eigenvalue weighted by Crippen LogP contribution is 1.95. The Labute approximate surface area is 76.8 Å². The molecule has 0 radical (unpaired) electrons. The lowest BCUT2D eigenvalue weighted by atomic mass is 10.2. The minimum Gasteiger partial charge on any atom is -0.328 e. The van der Waals surface area contributed by atoms with Crippen LogP contribution in [0, 0.1) is 0 Å². The van der Waals surface area contributed by atoms with Crippen LogP contribution in [0.3, 0.4) is 0 Å². The van der Waals surface area contributed by atoms with Gasteiger partial charge in [0.1, 0.15) is 0 Å². The lowest BCUT2D eigenvalue weighted by Crippen LogP contribution is -2.28. The van der Waals surface area contributed by atoms with Gasteiger partial charge >= 0.3 is 0 Å². The van der Waals surface area contributed by atoms with Gasteiger partial charge in [-0.3, -0.25) is 24.2 Å². The van der Waals surface area contributed by atoms with Crippen LogP contribution in [-0.2, 0) is 7.05 Å².